The molecular weight excluding hydrogens is 232 g/mol. The fraction of sp³-hybridized carbons (Fsp3) is 0.611. The van der Waals surface area contributed by atoms with E-state index in [9.17, 15) is 4.79 Å². The number of hydrogen-bond donors (Lipinski definition) is 0. The lowest BCUT2D eigenvalue weighted by Gasteiger charge is -2.32. The van der Waals surface area contributed by atoms with Gasteiger partial charge in [-0.2, -0.15) is 0 Å². The van der Waals surface area contributed by atoms with E-state index < -0.39 is 0 Å². The fourth-order valence-corrected chi connectivity index (χ4v) is 2.70. The molecule has 0 aliphatic rings. The average molecular weight is 260 g/mol. The largest absolute Gasteiger partial charge is 0.299 e. The van der Waals surface area contributed by atoms with Crippen molar-refractivity contribution in [2.45, 2.75) is 65.7 Å². The summed E-state index contributed by atoms with van der Waals surface area (Å²) in [6, 6.07) is 10.3. The zero-order valence-electron chi connectivity index (χ0n) is 13.1. The lowest BCUT2D eigenvalue weighted by Crippen LogP contribution is -2.35. The number of carbonyl (C=O) groups excluding carboxylic acids is 1. The van der Waals surface area contributed by atoms with Crippen LogP contribution >= 0.6 is 0 Å². The lowest BCUT2D eigenvalue weighted by atomic mass is 9.70. The predicted octanol–water partition coefficient (Wildman–Crippen LogP) is 5.14. The van der Waals surface area contributed by atoms with E-state index in [1.54, 1.807) is 0 Å². The summed E-state index contributed by atoms with van der Waals surface area (Å²) >= 11 is 0. The molecule has 0 atom stereocenters. The maximum atomic E-state index is 12.8. The highest BCUT2D eigenvalue weighted by molar-refractivity contribution is 5.90. The highest BCUT2D eigenvalue weighted by Gasteiger charge is 2.36. The first-order chi connectivity index (χ1) is 8.85. The summed E-state index contributed by atoms with van der Waals surface area (Å²) in [7, 11) is 0. The molecule has 1 aromatic carbocycles. The van der Waals surface area contributed by atoms with Crippen LogP contribution in [0.5, 0.6) is 0 Å². The van der Waals surface area contributed by atoms with Crippen LogP contribution < -0.4 is 0 Å². The number of Topliss-reactive ketones (excluding diaryl/α,β-unsaturated/α-hetero) is 1. The van der Waals surface area contributed by atoms with Gasteiger partial charge in [-0.25, -0.2) is 0 Å². The summed E-state index contributed by atoms with van der Waals surface area (Å²) < 4.78 is 0. The van der Waals surface area contributed by atoms with Gasteiger partial charge >= 0.3 is 0 Å². The summed E-state index contributed by atoms with van der Waals surface area (Å²) in [4.78, 5) is 12.8. The Balaban J connectivity index is 2.97. The first-order valence-corrected chi connectivity index (χ1v) is 7.44. The molecule has 0 saturated carbocycles. The van der Waals surface area contributed by atoms with E-state index in [1.165, 1.54) is 5.56 Å². The van der Waals surface area contributed by atoms with Gasteiger partial charge in [-0.1, -0.05) is 65.0 Å². The van der Waals surface area contributed by atoms with Crippen molar-refractivity contribution in [3.8, 4) is 0 Å². The first-order valence-electron chi connectivity index (χ1n) is 7.44. The number of hydrogen-bond acceptors (Lipinski definition) is 1. The van der Waals surface area contributed by atoms with Gasteiger partial charge < -0.3 is 0 Å². The fourth-order valence-electron chi connectivity index (χ4n) is 2.70. The van der Waals surface area contributed by atoms with Gasteiger partial charge in [0.2, 0.25) is 0 Å². The Bertz CT molecular complexity index is 393. The van der Waals surface area contributed by atoms with Crippen LogP contribution in [0.25, 0.3) is 0 Å². The van der Waals surface area contributed by atoms with Gasteiger partial charge in [-0.05, 0) is 30.2 Å². The van der Waals surface area contributed by atoms with E-state index in [2.05, 4.69) is 46.8 Å². The van der Waals surface area contributed by atoms with Gasteiger partial charge in [0, 0.05) is 6.42 Å². The van der Waals surface area contributed by atoms with Crippen molar-refractivity contribution in [1.82, 2.24) is 0 Å². The van der Waals surface area contributed by atoms with Crippen molar-refractivity contribution in [1.29, 1.82) is 0 Å². The Morgan fingerprint density at radius 1 is 1.00 bits per heavy atom. The van der Waals surface area contributed by atoms with Gasteiger partial charge in [0.05, 0.1) is 5.41 Å². The molecule has 1 heteroatoms. The van der Waals surface area contributed by atoms with E-state index in [0.29, 0.717) is 12.2 Å². The molecule has 0 aliphatic carbocycles. The molecule has 0 radical (unpaired) electrons. The summed E-state index contributed by atoms with van der Waals surface area (Å²) in [6.07, 6.45) is 3.41. The number of rotatable bonds is 6. The van der Waals surface area contributed by atoms with Gasteiger partial charge in [0.15, 0.2) is 0 Å². The molecule has 19 heavy (non-hydrogen) atoms. The van der Waals surface area contributed by atoms with E-state index >= 15 is 0 Å². The molecule has 1 nitrogen and oxygen atoms in total. The molecule has 0 fully saturated rings. The van der Waals surface area contributed by atoms with Crippen LogP contribution in [0, 0.1) is 5.41 Å². The molecule has 0 heterocycles. The molecule has 0 spiro atoms. The van der Waals surface area contributed by atoms with Crippen LogP contribution in [0.15, 0.2) is 30.3 Å². The molecule has 106 valence electrons. The van der Waals surface area contributed by atoms with Crippen molar-refractivity contribution in [3.63, 3.8) is 0 Å². The van der Waals surface area contributed by atoms with Gasteiger partial charge in [-0.15, -0.1) is 0 Å². The van der Waals surface area contributed by atoms with E-state index in [-0.39, 0.29) is 10.8 Å². The molecule has 0 aromatic heterocycles. The summed E-state index contributed by atoms with van der Waals surface area (Å²) in [5, 5.41) is 0. The normalized spacial score (nSPS) is 12.5. The van der Waals surface area contributed by atoms with Gasteiger partial charge in [-0.3, -0.25) is 4.79 Å². The Hall–Kier alpha value is -1.11. The summed E-state index contributed by atoms with van der Waals surface area (Å²) in [5.41, 5.74) is 1.12. The van der Waals surface area contributed by atoms with E-state index in [1.807, 2.05) is 18.2 Å². The minimum atomic E-state index is -0.285. The topological polar surface area (TPSA) is 17.1 Å². The van der Waals surface area contributed by atoms with Crippen LogP contribution in [0.4, 0.5) is 0 Å². The third kappa shape index (κ3) is 3.92. The van der Waals surface area contributed by atoms with Crippen molar-refractivity contribution in [2.75, 3.05) is 0 Å². The second kappa shape index (κ2) is 6.36. The van der Waals surface area contributed by atoms with Crippen molar-refractivity contribution < 1.29 is 4.79 Å². The lowest BCUT2D eigenvalue weighted by molar-refractivity contribution is -0.125. The molecule has 0 saturated heterocycles. The van der Waals surface area contributed by atoms with Crippen LogP contribution in [0.2, 0.25) is 0 Å². The van der Waals surface area contributed by atoms with E-state index in [0.717, 1.165) is 19.3 Å². The molecule has 1 rings (SSSR count). The monoisotopic (exact) mass is 260 g/mol. The Kier molecular flexibility index (Phi) is 5.34. The number of ketones is 1. The SMILES string of the molecule is CCC(CC)(C(=O)CCC(C)(C)C)c1ccccc1. The Morgan fingerprint density at radius 2 is 1.53 bits per heavy atom. The average Bonchev–Trinajstić information content (AvgIpc) is 2.39. The molecule has 1 aromatic rings. The maximum absolute atomic E-state index is 12.8. The van der Waals surface area contributed by atoms with Crippen LogP contribution in [0.1, 0.15) is 65.9 Å². The summed E-state index contributed by atoms with van der Waals surface area (Å²) in [5.74, 6) is 0.402. The van der Waals surface area contributed by atoms with E-state index in [4.69, 9.17) is 0 Å². The molecular formula is C18H28O. The Labute approximate surface area is 118 Å². The molecule has 0 N–H and O–H groups in total. The van der Waals surface area contributed by atoms with Crippen molar-refractivity contribution >= 4 is 5.78 Å². The predicted molar refractivity (Wildman–Crippen MR) is 82.4 cm³/mol. The number of carbonyl (C=O) groups is 1. The molecule has 0 aliphatic heterocycles. The molecule has 0 unspecified atom stereocenters. The van der Waals surface area contributed by atoms with Gasteiger partial charge in [0.1, 0.15) is 5.78 Å². The van der Waals surface area contributed by atoms with Crippen molar-refractivity contribution in [2.24, 2.45) is 5.41 Å². The van der Waals surface area contributed by atoms with Gasteiger partial charge in [0.25, 0.3) is 0 Å². The second-order valence-electron chi connectivity index (χ2n) is 6.64. The first kappa shape index (κ1) is 15.9. The zero-order chi connectivity index (χ0) is 14.5. The molecule has 0 bridgehead atoms. The smallest absolute Gasteiger partial charge is 0.143 e. The number of benzene rings is 1. The Morgan fingerprint density at radius 3 is 1.95 bits per heavy atom. The zero-order valence-corrected chi connectivity index (χ0v) is 13.1. The maximum Gasteiger partial charge on any atom is 0.143 e. The minimum Gasteiger partial charge on any atom is -0.299 e. The second-order valence-corrected chi connectivity index (χ2v) is 6.64. The highest BCUT2D eigenvalue weighted by atomic mass is 16.1. The van der Waals surface area contributed by atoms with Crippen molar-refractivity contribution in [3.05, 3.63) is 35.9 Å². The minimum absolute atomic E-state index is 0.222. The molecule has 0 amide bonds. The highest BCUT2D eigenvalue weighted by Crippen LogP contribution is 2.35. The third-order valence-electron chi connectivity index (χ3n) is 4.17. The third-order valence-corrected chi connectivity index (χ3v) is 4.17. The van der Waals surface area contributed by atoms with Crippen LogP contribution in [-0.2, 0) is 10.2 Å². The standard InChI is InChI=1S/C18H28O/c1-6-18(7-2,15-11-9-8-10-12-15)16(19)13-14-17(3,4)5/h8-12H,6-7,13-14H2,1-5H3. The van der Waals surface area contributed by atoms with Crippen LogP contribution in [-0.4, -0.2) is 5.78 Å². The van der Waals surface area contributed by atoms with Crippen LogP contribution in [0.3, 0.4) is 0 Å². The quantitative estimate of drug-likeness (QED) is 0.692. The summed E-state index contributed by atoms with van der Waals surface area (Å²) in [6.45, 7) is 10.9.